The molecule has 0 radical (unpaired) electrons. The highest BCUT2D eigenvalue weighted by Crippen LogP contribution is 2.31. The lowest BCUT2D eigenvalue weighted by atomic mass is 9.99. The van der Waals surface area contributed by atoms with E-state index in [0.29, 0.717) is 36.8 Å². The van der Waals surface area contributed by atoms with Crippen molar-refractivity contribution in [2.45, 2.75) is 13.1 Å². The highest BCUT2D eigenvalue weighted by Gasteiger charge is 2.09. The Kier molecular flexibility index (Phi) is 16.1. The zero-order valence-electron chi connectivity index (χ0n) is 32.8. The first kappa shape index (κ1) is 43.3. The fourth-order valence-electron chi connectivity index (χ4n) is 6.22. The molecule has 0 amide bonds. The Morgan fingerprint density at radius 1 is 0.367 bits per heavy atom. The first-order valence-electron chi connectivity index (χ1n) is 19.1. The second-order valence-electron chi connectivity index (χ2n) is 13.3. The molecular formula is C52H46N2O6. The average molecular weight is 795 g/mol. The molecule has 0 unspecified atom stereocenters. The minimum Gasteiger partial charge on any atom is -0.508 e. The van der Waals surface area contributed by atoms with Gasteiger partial charge in [0.2, 0.25) is 0 Å². The highest BCUT2D eigenvalue weighted by molar-refractivity contribution is 5.90. The smallest absolute Gasteiger partial charge is 0.154 e. The molecule has 8 aromatic carbocycles. The lowest BCUT2D eigenvalue weighted by molar-refractivity contribution is 0.111. The third-order valence-electron chi connectivity index (χ3n) is 9.40. The Hall–Kier alpha value is -7.78. The summed E-state index contributed by atoms with van der Waals surface area (Å²) in [5, 5.41) is 38.4. The molecule has 0 bridgehead atoms. The van der Waals surface area contributed by atoms with Crippen LogP contribution in [0.4, 0.5) is 0 Å². The molecule has 8 nitrogen and oxygen atoms in total. The minimum absolute atomic E-state index is 0.0198. The molecule has 8 N–H and O–H groups in total. The molecule has 0 heterocycles. The van der Waals surface area contributed by atoms with Crippen molar-refractivity contribution < 1.29 is 30.0 Å². The molecule has 60 heavy (non-hydrogen) atoms. The first-order valence-corrected chi connectivity index (χ1v) is 19.1. The van der Waals surface area contributed by atoms with Crippen LogP contribution in [0.1, 0.15) is 31.8 Å². The van der Waals surface area contributed by atoms with E-state index in [4.69, 9.17) is 11.5 Å². The molecule has 0 fully saturated rings. The van der Waals surface area contributed by atoms with Crippen molar-refractivity contribution in [3.8, 4) is 67.5 Å². The van der Waals surface area contributed by atoms with Crippen LogP contribution in [0, 0.1) is 0 Å². The predicted octanol–water partition coefficient (Wildman–Crippen LogP) is 10.8. The molecule has 0 aromatic heterocycles. The van der Waals surface area contributed by atoms with E-state index in [1.54, 1.807) is 30.3 Å². The van der Waals surface area contributed by atoms with Crippen LogP contribution in [0.3, 0.4) is 0 Å². The Balaban J connectivity index is 0.000000152. The van der Waals surface area contributed by atoms with Crippen LogP contribution in [0.25, 0.3) is 44.5 Å². The van der Waals surface area contributed by atoms with E-state index in [0.717, 1.165) is 55.6 Å². The average Bonchev–Trinajstić information content (AvgIpc) is 3.30. The van der Waals surface area contributed by atoms with E-state index >= 15 is 0 Å². The molecule has 0 aliphatic heterocycles. The predicted molar refractivity (Wildman–Crippen MR) is 241 cm³/mol. The van der Waals surface area contributed by atoms with E-state index in [9.17, 15) is 30.0 Å². The standard InChI is InChI=1S/2C13H13NO.2C13H10O2/c14-9-12-11(7-4-8-13(12)15)10-5-2-1-3-6-10;14-9-12-7-6-11(8-13(12)15)10-4-2-1-3-5-10;14-9-12-11(7-4-8-13(12)15)10-5-2-1-3-6-10;14-9-12-7-6-11(8-13(12)15)10-4-2-1-3-5-10/h2*1-8,15H,9,14H2;2*1-9,15H. The first-order chi connectivity index (χ1) is 29.3. The lowest BCUT2D eigenvalue weighted by Crippen LogP contribution is -1.99. The number of carbonyl (C=O) groups is 2. The molecular weight excluding hydrogens is 749 g/mol. The molecule has 0 spiro atoms. The number of hydrogen-bond acceptors (Lipinski definition) is 8. The Bertz CT molecular complexity index is 2580. The summed E-state index contributed by atoms with van der Waals surface area (Å²) >= 11 is 0. The SMILES string of the molecule is NCc1c(O)cccc1-c1ccccc1.NCc1ccc(-c2ccccc2)cc1O.O=Cc1c(O)cccc1-c1ccccc1.O=Cc1ccc(-c2ccccc2)cc1O. The van der Waals surface area contributed by atoms with Crippen LogP contribution in [-0.2, 0) is 13.1 Å². The van der Waals surface area contributed by atoms with Crippen molar-refractivity contribution in [1.29, 1.82) is 0 Å². The largest absolute Gasteiger partial charge is 0.508 e. The number of aldehydes is 2. The number of rotatable bonds is 8. The van der Waals surface area contributed by atoms with Crippen LogP contribution < -0.4 is 11.5 Å². The van der Waals surface area contributed by atoms with Gasteiger partial charge in [-0.1, -0.05) is 164 Å². The van der Waals surface area contributed by atoms with Crippen molar-refractivity contribution in [3.63, 3.8) is 0 Å². The second-order valence-corrected chi connectivity index (χ2v) is 13.3. The number of hydrogen-bond donors (Lipinski definition) is 6. The fraction of sp³-hybridized carbons (Fsp3) is 0.0385. The van der Waals surface area contributed by atoms with Crippen LogP contribution in [0.2, 0.25) is 0 Å². The molecule has 8 aromatic rings. The molecule has 0 aliphatic carbocycles. The minimum atomic E-state index is 0.0198. The van der Waals surface area contributed by atoms with E-state index < -0.39 is 0 Å². The van der Waals surface area contributed by atoms with Gasteiger partial charge in [-0.15, -0.1) is 0 Å². The van der Waals surface area contributed by atoms with E-state index in [2.05, 4.69) is 0 Å². The van der Waals surface area contributed by atoms with Crippen molar-refractivity contribution in [1.82, 2.24) is 0 Å². The summed E-state index contributed by atoms with van der Waals surface area (Å²) < 4.78 is 0. The Morgan fingerprint density at radius 2 is 0.817 bits per heavy atom. The van der Waals surface area contributed by atoms with Gasteiger partial charge in [-0.25, -0.2) is 0 Å². The van der Waals surface area contributed by atoms with Gasteiger partial charge in [0, 0.05) is 24.2 Å². The summed E-state index contributed by atoms with van der Waals surface area (Å²) in [5.41, 5.74) is 21.1. The molecule has 8 rings (SSSR count). The zero-order valence-corrected chi connectivity index (χ0v) is 32.8. The molecule has 8 heteroatoms. The van der Waals surface area contributed by atoms with Gasteiger partial charge in [-0.05, 0) is 74.8 Å². The van der Waals surface area contributed by atoms with E-state index in [-0.39, 0.29) is 23.0 Å². The molecule has 0 saturated heterocycles. The van der Waals surface area contributed by atoms with Crippen LogP contribution in [0.15, 0.2) is 194 Å². The van der Waals surface area contributed by atoms with Gasteiger partial charge in [-0.3, -0.25) is 9.59 Å². The third kappa shape index (κ3) is 11.6. The monoisotopic (exact) mass is 794 g/mol. The summed E-state index contributed by atoms with van der Waals surface area (Å²) in [6, 6.07) is 60.2. The number of phenolic OH excluding ortho intramolecular Hbond substituents is 4. The summed E-state index contributed by atoms with van der Waals surface area (Å²) in [7, 11) is 0. The maximum atomic E-state index is 10.9. The number of carbonyl (C=O) groups excluding carboxylic acids is 2. The van der Waals surface area contributed by atoms with Crippen molar-refractivity contribution in [3.05, 3.63) is 216 Å². The highest BCUT2D eigenvalue weighted by atomic mass is 16.3. The van der Waals surface area contributed by atoms with Crippen molar-refractivity contribution in [2.75, 3.05) is 0 Å². The number of nitrogens with two attached hydrogens (primary N) is 2. The Labute approximate surface area is 349 Å². The van der Waals surface area contributed by atoms with Gasteiger partial charge in [0.25, 0.3) is 0 Å². The fourth-order valence-corrected chi connectivity index (χ4v) is 6.22. The van der Waals surface area contributed by atoms with Gasteiger partial charge >= 0.3 is 0 Å². The van der Waals surface area contributed by atoms with Gasteiger partial charge in [0.05, 0.1) is 11.1 Å². The van der Waals surface area contributed by atoms with Crippen molar-refractivity contribution >= 4 is 12.6 Å². The molecule has 0 aliphatic rings. The van der Waals surface area contributed by atoms with Gasteiger partial charge in [-0.2, -0.15) is 0 Å². The van der Waals surface area contributed by atoms with E-state index in [1.165, 1.54) is 6.07 Å². The van der Waals surface area contributed by atoms with Crippen LogP contribution in [-0.4, -0.2) is 33.0 Å². The van der Waals surface area contributed by atoms with E-state index in [1.807, 2.05) is 158 Å². The normalized spacial score (nSPS) is 10.0. The lowest BCUT2D eigenvalue weighted by Gasteiger charge is -2.09. The second kappa shape index (κ2) is 22.2. The number of phenols is 4. The van der Waals surface area contributed by atoms with Gasteiger partial charge in [0.1, 0.15) is 23.0 Å². The summed E-state index contributed by atoms with van der Waals surface area (Å²) in [6.45, 7) is 0.706. The van der Waals surface area contributed by atoms with Gasteiger partial charge < -0.3 is 31.9 Å². The molecule has 0 atom stereocenters. The summed E-state index contributed by atoms with van der Waals surface area (Å²) in [4.78, 5) is 21.4. The number of benzene rings is 8. The van der Waals surface area contributed by atoms with Gasteiger partial charge in [0.15, 0.2) is 12.6 Å². The molecule has 0 saturated carbocycles. The Morgan fingerprint density at radius 3 is 1.27 bits per heavy atom. The summed E-state index contributed by atoms with van der Waals surface area (Å²) in [6.07, 6.45) is 1.32. The van der Waals surface area contributed by atoms with Crippen LogP contribution in [0.5, 0.6) is 23.0 Å². The number of aromatic hydroxyl groups is 4. The quantitative estimate of drug-likeness (QED) is 0.0827. The van der Waals surface area contributed by atoms with Crippen molar-refractivity contribution in [2.24, 2.45) is 11.5 Å². The topological polar surface area (TPSA) is 167 Å². The maximum Gasteiger partial charge on any atom is 0.154 e. The zero-order chi connectivity index (χ0) is 42.7. The summed E-state index contributed by atoms with van der Waals surface area (Å²) in [5.74, 6) is 0.565. The maximum absolute atomic E-state index is 10.9. The third-order valence-corrected chi connectivity index (χ3v) is 9.40. The molecule has 300 valence electrons. The van der Waals surface area contributed by atoms with Crippen LogP contribution >= 0.6 is 0 Å².